The molecule has 0 aromatic rings. The van der Waals surface area contributed by atoms with Crippen LogP contribution in [0.15, 0.2) is 25.5 Å². The second kappa shape index (κ2) is 8.44. The maximum Gasteiger partial charge on any atom is 0.307 e. The van der Waals surface area contributed by atoms with Crippen LogP contribution in [0.2, 0.25) is 0 Å². The van der Waals surface area contributed by atoms with Crippen LogP contribution in [0.4, 0.5) is 0 Å². The molecule has 0 rings (SSSR count). The van der Waals surface area contributed by atoms with Gasteiger partial charge in [-0.25, -0.2) is 0 Å². The third-order valence-electron chi connectivity index (χ3n) is 1.44. The Morgan fingerprint density at radius 3 is 2.05 bits per heavy atom. The van der Waals surface area contributed by atoms with E-state index in [1.54, 1.807) is 0 Å². The van der Waals surface area contributed by atoms with Gasteiger partial charge in [0, 0.05) is 6.92 Å². The van der Waals surface area contributed by atoms with Crippen molar-refractivity contribution in [1.82, 2.24) is 5.32 Å². The molecule has 110 valence electrons. The van der Waals surface area contributed by atoms with Gasteiger partial charge < -0.3 is 10.1 Å². The van der Waals surface area contributed by atoms with Crippen molar-refractivity contribution in [2.24, 2.45) is 0 Å². The largest absolute Gasteiger partial charge is 0.435 e. The lowest BCUT2D eigenvalue weighted by Crippen LogP contribution is -2.47. The van der Waals surface area contributed by atoms with E-state index >= 15 is 0 Å². The quantitative estimate of drug-likeness (QED) is 0.333. The molecule has 8 heteroatoms. The van der Waals surface area contributed by atoms with Crippen molar-refractivity contribution in [1.29, 1.82) is 0 Å². The molecule has 7 nitrogen and oxygen atoms in total. The zero-order chi connectivity index (χ0) is 15.7. The number of ether oxygens (including phenoxy) is 1. The molecule has 0 saturated heterocycles. The minimum atomic E-state index is -4.08. The summed E-state index contributed by atoms with van der Waals surface area (Å²) in [4.78, 5) is 20.6. The van der Waals surface area contributed by atoms with Gasteiger partial charge >= 0.3 is 5.97 Å². The van der Waals surface area contributed by atoms with E-state index in [0.29, 0.717) is 0 Å². The Balaban J connectivity index is 0. The number of amides is 1. The number of rotatable bonds is 5. The Bertz CT molecular complexity index is 438. The molecule has 0 atom stereocenters. The van der Waals surface area contributed by atoms with E-state index < -0.39 is 27.3 Å². The smallest absolute Gasteiger partial charge is 0.307 e. The number of nitrogens with one attached hydrogen (secondary N) is 1. The van der Waals surface area contributed by atoms with Gasteiger partial charge in [0.05, 0.1) is 17.6 Å². The predicted octanol–water partition coefficient (Wildman–Crippen LogP) is 0.648. The van der Waals surface area contributed by atoms with Crippen LogP contribution in [0.3, 0.4) is 0 Å². The summed E-state index contributed by atoms with van der Waals surface area (Å²) in [5.41, 5.74) is -1.00. The summed E-state index contributed by atoms with van der Waals surface area (Å²) in [7, 11) is -4.08. The monoisotopic (exact) mass is 293 g/mol. The first-order chi connectivity index (χ1) is 8.43. The lowest BCUT2D eigenvalue weighted by atomic mass is 10.1. The molecule has 0 spiro atoms. The minimum absolute atomic E-state index is 0.329. The molecule has 0 aromatic heterocycles. The molecule has 0 heterocycles. The van der Waals surface area contributed by atoms with Crippen LogP contribution in [0, 0.1) is 0 Å². The first-order valence-corrected chi connectivity index (χ1v) is 6.72. The van der Waals surface area contributed by atoms with Gasteiger partial charge in [-0.05, 0) is 19.9 Å². The molecule has 0 unspecified atom stereocenters. The van der Waals surface area contributed by atoms with Crippen molar-refractivity contribution >= 4 is 22.0 Å². The number of hydrogen-bond acceptors (Lipinski definition) is 5. The lowest BCUT2D eigenvalue weighted by molar-refractivity contribution is -0.135. The molecule has 0 aromatic carbocycles. The molecular weight excluding hydrogens is 274 g/mol. The van der Waals surface area contributed by atoms with Crippen molar-refractivity contribution in [3.8, 4) is 0 Å². The van der Waals surface area contributed by atoms with E-state index in [9.17, 15) is 18.0 Å². The van der Waals surface area contributed by atoms with Crippen LogP contribution in [-0.2, 0) is 24.4 Å². The highest BCUT2D eigenvalue weighted by atomic mass is 32.2. The summed E-state index contributed by atoms with van der Waals surface area (Å²) in [6.45, 7) is 10.7. The van der Waals surface area contributed by atoms with Gasteiger partial charge in [-0.3, -0.25) is 14.1 Å². The highest BCUT2D eigenvalue weighted by Crippen LogP contribution is 2.05. The van der Waals surface area contributed by atoms with Gasteiger partial charge in [0.25, 0.3) is 10.1 Å². The zero-order valence-electron chi connectivity index (χ0n) is 11.2. The molecule has 19 heavy (non-hydrogen) atoms. The predicted molar refractivity (Wildman–Crippen MR) is 70.8 cm³/mol. The summed E-state index contributed by atoms with van der Waals surface area (Å²) < 4.78 is 33.7. The fourth-order valence-corrected chi connectivity index (χ4v) is 1.98. The maximum atomic E-state index is 10.8. The van der Waals surface area contributed by atoms with Crippen molar-refractivity contribution in [3.05, 3.63) is 25.5 Å². The number of carbonyl (C=O) groups excluding carboxylic acids is 2. The van der Waals surface area contributed by atoms with E-state index in [2.05, 4.69) is 23.2 Å². The summed E-state index contributed by atoms with van der Waals surface area (Å²) in [5.74, 6) is -1.33. The van der Waals surface area contributed by atoms with Crippen LogP contribution in [0.25, 0.3) is 0 Å². The van der Waals surface area contributed by atoms with E-state index in [1.165, 1.54) is 20.8 Å². The van der Waals surface area contributed by atoms with E-state index in [1.807, 2.05) is 0 Å². The lowest BCUT2D eigenvalue weighted by Gasteiger charge is -2.23. The van der Waals surface area contributed by atoms with Gasteiger partial charge in [-0.2, -0.15) is 8.42 Å². The Labute approximate surface area is 113 Å². The fourth-order valence-electron chi connectivity index (χ4n) is 0.994. The third kappa shape index (κ3) is 16.3. The van der Waals surface area contributed by atoms with Crippen molar-refractivity contribution in [2.75, 3.05) is 5.75 Å². The second-order valence-electron chi connectivity index (χ2n) is 4.08. The molecular formula is C11H19NO6S. The number of hydrogen-bond donors (Lipinski definition) is 2. The normalized spacial score (nSPS) is 10.5. The summed E-state index contributed by atoms with van der Waals surface area (Å²) in [6, 6.07) is 0. The topological polar surface area (TPSA) is 110 Å². The molecule has 0 aliphatic rings. The summed E-state index contributed by atoms with van der Waals surface area (Å²) in [5, 5.41) is 2.37. The van der Waals surface area contributed by atoms with Crippen LogP contribution in [-0.4, -0.2) is 36.1 Å². The first-order valence-electron chi connectivity index (χ1n) is 5.11. The highest BCUT2D eigenvalue weighted by Gasteiger charge is 2.25. The minimum Gasteiger partial charge on any atom is -0.435 e. The molecule has 0 aliphatic heterocycles. The Morgan fingerprint density at radius 1 is 1.37 bits per heavy atom. The Morgan fingerprint density at radius 2 is 1.84 bits per heavy atom. The van der Waals surface area contributed by atoms with Crippen molar-refractivity contribution < 1.29 is 27.3 Å². The van der Waals surface area contributed by atoms with Crippen molar-refractivity contribution in [3.63, 3.8) is 0 Å². The average molecular weight is 293 g/mol. The molecule has 2 N–H and O–H groups in total. The Hall–Kier alpha value is -1.67. The van der Waals surface area contributed by atoms with Gasteiger partial charge in [-0.1, -0.05) is 13.2 Å². The van der Waals surface area contributed by atoms with Crippen LogP contribution in [0.5, 0.6) is 0 Å². The standard InChI is InChI=1S/C7H13NO4S.C4H6O2/c1-4-6(9)8-7(2,3)5-13(10,11)12;1-3-6-4(2)5/h4H,1,5H2,2-3H3,(H,8,9)(H,10,11,12);3H,1H2,2H3. The molecule has 0 fully saturated rings. The van der Waals surface area contributed by atoms with E-state index in [-0.39, 0.29) is 5.97 Å². The number of carbonyl (C=O) groups is 2. The van der Waals surface area contributed by atoms with E-state index in [4.69, 9.17) is 4.55 Å². The maximum absolute atomic E-state index is 10.8. The van der Waals surface area contributed by atoms with Crippen LogP contribution < -0.4 is 5.32 Å². The van der Waals surface area contributed by atoms with Gasteiger partial charge in [-0.15, -0.1) is 0 Å². The molecule has 0 saturated carbocycles. The molecule has 0 radical (unpaired) electrons. The van der Waals surface area contributed by atoms with Gasteiger partial charge in [0.15, 0.2) is 0 Å². The summed E-state index contributed by atoms with van der Waals surface area (Å²) >= 11 is 0. The van der Waals surface area contributed by atoms with E-state index in [0.717, 1.165) is 12.3 Å². The third-order valence-corrected chi connectivity index (χ3v) is 2.53. The fraction of sp³-hybridized carbons (Fsp3) is 0.455. The molecule has 0 bridgehead atoms. The zero-order valence-corrected chi connectivity index (χ0v) is 12.0. The second-order valence-corrected chi connectivity index (χ2v) is 5.53. The van der Waals surface area contributed by atoms with Crippen LogP contribution >= 0.6 is 0 Å². The number of esters is 1. The van der Waals surface area contributed by atoms with Crippen molar-refractivity contribution in [2.45, 2.75) is 26.3 Å². The first kappa shape index (κ1) is 19.7. The Kier molecular flexibility index (Phi) is 8.73. The highest BCUT2D eigenvalue weighted by molar-refractivity contribution is 7.85. The molecule has 0 aliphatic carbocycles. The SMILES string of the molecule is C=CC(=O)NC(C)(C)CS(=O)(=O)O.C=COC(C)=O. The van der Waals surface area contributed by atoms with Crippen LogP contribution in [0.1, 0.15) is 20.8 Å². The average Bonchev–Trinajstić information content (AvgIpc) is 2.13. The van der Waals surface area contributed by atoms with Gasteiger partial charge in [0.2, 0.25) is 5.91 Å². The molecule has 1 amide bonds. The summed E-state index contributed by atoms with van der Waals surface area (Å²) in [6.07, 6.45) is 2.13. The van der Waals surface area contributed by atoms with Gasteiger partial charge in [0.1, 0.15) is 0 Å².